The fraction of sp³-hybridized carbons (Fsp3) is 0.333. The molecule has 1 aromatic carbocycles. The SMILES string of the molecule is COc1cc(C=NNc2nc(N)cs2)c(Cl)cc1N1CCCC1. The maximum Gasteiger partial charge on any atom is 0.205 e. The van der Waals surface area contributed by atoms with Crippen LogP contribution in [-0.2, 0) is 0 Å². The third-order valence-electron chi connectivity index (χ3n) is 3.63. The van der Waals surface area contributed by atoms with Crippen molar-refractivity contribution in [1.82, 2.24) is 4.98 Å². The van der Waals surface area contributed by atoms with E-state index in [9.17, 15) is 0 Å². The Hall–Kier alpha value is -1.99. The normalized spacial score (nSPS) is 14.6. The summed E-state index contributed by atoms with van der Waals surface area (Å²) in [6, 6.07) is 3.84. The molecule has 0 bridgehead atoms. The molecular formula is C15H18ClN5OS. The van der Waals surface area contributed by atoms with Crippen molar-refractivity contribution in [1.29, 1.82) is 0 Å². The number of anilines is 3. The van der Waals surface area contributed by atoms with Gasteiger partial charge in [0.1, 0.15) is 11.6 Å². The number of halogens is 1. The average Bonchev–Trinajstić information content (AvgIpc) is 3.20. The Morgan fingerprint density at radius 3 is 2.87 bits per heavy atom. The summed E-state index contributed by atoms with van der Waals surface area (Å²) in [6.07, 6.45) is 4.05. The Morgan fingerprint density at radius 1 is 1.43 bits per heavy atom. The Morgan fingerprint density at radius 2 is 2.22 bits per heavy atom. The number of methoxy groups -OCH3 is 1. The first-order valence-corrected chi connectivity index (χ1v) is 8.55. The van der Waals surface area contributed by atoms with Gasteiger partial charge < -0.3 is 15.4 Å². The molecular weight excluding hydrogens is 334 g/mol. The zero-order chi connectivity index (χ0) is 16.2. The molecule has 0 aliphatic carbocycles. The van der Waals surface area contributed by atoms with Crippen molar-refractivity contribution in [2.24, 2.45) is 5.10 Å². The molecule has 122 valence electrons. The summed E-state index contributed by atoms with van der Waals surface area (Å²) in [5, 5.41) is 7.17. The van der Waals surface area contributed by atoms with Crippen LogP contribution in [0.25, 0.3) is 0 Å². The molecule has 0 radical (unpaired) electrons. The maximum absolute atomic E-state index is 6.39. The van der Waals surface area contributed by atoms with Gasteiger partial charge in [0.05, 0.1) is 24.0 Å². The van der Waals surface area contributed by atoms with Crippen LogP contribution in [0.4, 0.5) is 16.6 Å². The number of hydrogen-bond acceptors (Lipinski definition) is 7. The van der Waals surface area contributed by atoms with Gasteiger partial charge in [0.25, 0.3) is 0 Å². The van der Waals surface area contributed by atoms with Crippen molar-refractivity contribution >= 4 is 45.8 Å². The van der Waals surface area contributed by atoms with Crippen LogP contribution < -0.4 is 20.8 Å². The highest BCUT2D eigenvalue weighted by Crippen LogP contribution is 2.35. The summed E-state index contributed by atoms with van der Waals surface area (Å²) < 4.78 is 5.51. The largest absolute Gasteiger partial charge is 0.495 e. The zero-order valence-electron chi connectivity index (χ0n) is 12.8. The molecule has 6 nitrogen and oxygen atoms in total. The predicted octanol–water partition coefficient (Wildman–Crippen LogP) is 3.43. The Kier molecular flexibility index (Phi) is 4.88. The molecule has 1 aromatic heterocycles. The van der Waals surface area contributed by atoms with Gasteiger partial charge in [-0.25, -0.2) is 4.98 Å². The molecule has 0 spiro atoms. The minimum Gasteiger partial charge on any atom is -0.495 e. The van der Waals surface area contributed by atoms with Crippen LogP contribution in [0.2, 0.25) is 5.02 Å². The van der Waals surface area contributed by atoms with Gasteiger partial charge in [0, 0.05) is 24.0 Å². The molecule has 1 aliphatic rings. The number of rotatable bonds is 5. The number of aromatic nitrogens is 1. The fourth-order valence-corrected chi connectivity index (χ4v) is 3.28. The van der Waals surface area contributed by atoms with Crippen LogP contribution >= 0.6 is 22.9 Å². The predicted molar refractivity (Wildman–Crippen MR) is 97.2 cm³/mol. The first-order valence-electron chi connectivity index (χ1n) is 7.30. The summed E-state index contributed by atoms with van der Waals surface area (Å²) in [6.45, 7) is 2.07. The van der Waals surface area contributed by atoms with Crippen molar-refractivity contribution < 1.29 is 4.74 Å². The average molecular weight is 352 g/mol. The van der Waals surface area contributed by atoms with E-state index in [1.807, 2.05) is 12.1 Å². The first kappa shape index (κ1) is 15.9. The van der Waals surface area contributed by atoms with Gasteiger partial charge in [-0.1, -0.05) is 11.6 Å². The van der Waals surface area contributed by atoms with Crippen LogP contribution in [-0.4, -0.2) is 31.4 Å². The van der Waals surface area contributed by atoms with Crippen molar-refractivity contribution in [3.63, 3.8) is 0 Å². The lowest BCUT2D eigenvalue weighted by Crippen LogP contribution is -2.18. The van der Waals surface area contributed by atoms with E-state index in [0.717, 1.165) is 30.1 Å². The van der Waals surface area contributed by atoms with Crippen molar-refractivity contribution in [3.8, 4) is 5.75 Å². The number of nitrogen functional groups attached to an aromatic ring is 1. The molecule has 23 heavy (non-hydrogen) atoms. The number of nitrogens with zero attached hydrogens (tertiary/aromatic N) is 3. The molecule has 0 atom stereocenters. The zero-order valence-corrected chi connectivity index (χ0v) is 14.3. The van der Waals surface area contributed by atoms with Crippen LogP contribution in [0.5, 0.6) is 5.75 Å². The van der Waals surface area contributed by atoms with Crippen LogP contribution in [0.1, 0.15) is 18.4 Å². The molecule has 0 amide bonds. The molecule has 2 heterocycles. The summed E-state index contributed by atoms with van der Waals surface area (Å²) in [5.41, 5.74) is 10.2. The van der Waals surface area contributed by atoms with Gasteiger partial charge in [-0.15, -0.1) is 11.3 Å². The summed E-state index contributed by atoms with van der Waals surface area (Å²) in [4.78, 5) is 6.37. The molecule has 3 rings (SSSR count). The number of nitrogens with two attached hydrogens (primary N) is 1. The standard InChI is InChI=1S/C15H18ClN5OS/c1-22-13-6-10(8-18-20-15-19-14(17)9-23-15)11(16)7-12(13)21-4-2-3-5-21/h6-9H,2-5,17H2,1H3,(H,19,20). The highest BCUT2D eigenvalue weighted by molar-refractivity contribution is 7.14. The number of benzene rings is 1. The van der Waals surface area contributed by atoms with Gasteiger partial charge in [0.15, 0.2) is 0 Å². The van der Waals surface area contributed by atoms with E-state index in [2.05, 4.69) is 20.4 Å². The van der Waals surface area contributed by atoms with Crippen molar-refractivity contribution in [2.45, 2.75) is 12.8 Å². The number of hydrogen-bond donors (Lipinski definition) is 2. The molecule has 1 aliphatic heterocycles. The summed E-state index contributed by atoms with van der Waals surface area (Å²) >= 11 is 7.78. The molecule has 1 saturated heterocycles. The van der Waals surface area contributed by atoms with Crippen LogP contribution in [0, 0.1) is 0 Å². The molecule has 0 unspecified atom stereocenters. The number of hydrazone groups is 1. The summed E-state index contributed by atoms with van der Waals surface area (Å²) in [7, 11) is 1.67. The fourth-order valence-electron chi connectivity index (χ4n) is 2.52. The third-order valence-corrected chi connectivity index (χ3v) is 4.72. The van der Waals surface area contributed by atoms with E-state index in [1.165, 1.54) is 24.2 Å². The molecule has 3 N–H and O–H groups in total. The van der Waals surface area contributed by atoms with Gasteiger partial charge in [-0.3, -0.25) is 5.43 Å². The second kappa shape index (κ2) is 7.06. The summed E-state index contributed by atoms with van der Waals surface area (Å²) in [5.74, 6) is 1.28. The monoisotopic (exact) mass is 351 g/mol. The van der Waals surface area contributed by atoms with Gasteiger partial charge in [-0.2, -0.15) is 5.10 Å². The van der Waals surface area contributed by atoms with E-state index in [0.29, 0.717) is 16.0 Å². The maximum atomic E-state index is 6.39. The Labute approximate surface area is 143 Å². The second-order valence-corrected chi connectivity index (χ2v) is 6.45. The lowest BCUT2D eigenvalue weighted by molar-refractivity contribution is 0.415. The van der Waals surface area contributed by atoms with Crippen LogP contribution in [0.15, 0.2) is 22.6 Å². The molecule has 0 saturated carbocycles. The number of thiazole rings is 1. The lowest BCUT2D eigenvalue weighted by atomic mass is 10.2. The van der Waals surface area contributed by atoms with E-state index in [1.54, 1.807) is 18.7 Å². The quantitative estimate of drug-likeness (QED) is 0.637. The van der Waals surface area contributed by atoms with Crippen molar-refractivity contribution in [3.05, 3.63) is 28.1 Å². The molecule has 2 aromatic rings. The Balaban J connectivity index is 1.79. The molecule has 1 fully saturated rings. The topological polar surface area (TPSA) is 75.8 Å². The van der Waals surface area contributed by atoms with E-state index in [4.69, 9.17) is 22.1 Å². The van der Waals surface area contributed by atoms with Crippen molar-refractivity contribution in [2.75, 3.05) is 36.3 Å². The van der Waals surface area contributed by atoms with Gasteiger partial charge in [-0.05, 0) is 25.0 Å². The van der Waals surface area contributed by atoms with E-state index >= 15 is 0 Å². The highest BCUT2D eigenvalue weighted by Gasteiger charge is 2.18. The minimum absolute atomic E-state index is 0.474. The Bertz CT molecular complexity index is 712. The molecule has 8 heteroatoms. The third kappa shape index (κ3) is 3.68. The minimum atomic E-state index is 0.474. The van der Waals surface area contributed by atoms with Gasteiger partial charge in [0.2, 0.25) is 5.13 Å². The van der Waals surface area contributed by atoms with Crippen LogP contribution in [0.3, 0.4) is 0 Å². The van der Waals surface area contributed by atoms with Gasteiger partial charge >= 0.3 is 0 Å². The van der Waals surface area contributed by atoms with E-state index < -0.39 is 0 Å². The van der Waals surface area contributed by atoms with E-state index in [-0.39, 0.29) is 0 Å². The highest BCUT2D eigenvalue weighted by atomic mass is 35.5. The number of nitrogens with one attached hydrogen (secondary N) is 1. The lowest BCUT2D eigenvalue weighted by Gasteiger charge is -2.21. The second-order valence-electron chi connectivity index (χ2n) is 5.19. The smallest absolute Gasteiger partial charge is 0.205 e. The number of ether oxygens (including phenoxy) is 1. The first-order chi connectivity index (χ1) is 11.2.